The van der Waals surface area contributed by atoms with E-state index < -0.39 is 0 Å². The summed E-state index contributed by atoms with van der Waals surface area (Å²) in [6.07, 6.45) is 4.43. The second kappa shape index (κ2) is 3.25. The molecule has 4 aliphatic rings. The van der Waals surface area contributed by atoms with Gasteiger partial charge in [0, 0.05) is 0 Å². The average molecular weight is 236 g/mol. The molecule has 0 heterocycles. The molecule has 3 heteroatoms. The summed E-state index contributed by atoms with van der Waals surface area (Å²) in [4.78, 5) is 11.8. The highest BCUT2D eigenvalue weighted by Gasteiger charge is 2.65. The number of carbonyl (C=O) groups excluding carboxylic acids is 1. The number of hydrogen-bond donors (Lipinski definition) is 1. The zero-order valence-corrected chi connectivity index (χ0v) is 10.2. The summed E-state index contributed by atoms with van der Waals surface area (Å²) in [6.45, 7) is 0. The molecular formula is C14H20O3. The van der Waals surface area contributed by atoms with Crippen LogP contribution < -0.4 is 0 Å². The van der Waals surface area contributed by atoms with Gasteiger partial charge in [0.05, 0.1) is 19.1 Å². The first kappa shape index (κ1) is 10.4. The summed E-state index contributed by atoms with van der Waals surface area (Å²) < 4.78 is 4.94. The Labute approximate surface area is 102 Å². The van der Waals surface area contributed by atoms with Gasteiger partial charge < -0.3 is 9.84 Å². The number of rotatable bonds is 1. The Bertz CT molecular complexity index is 366. The number of fused-ring (bicyclic) bond motifs is 9. The lowest BCUT2D eigenvalue weighted by atomic mass is 9.67. The molecule has 0 aliphatic heterocycles. The van der Waals surface area contributed by atoms with Crippen molar-refractivity contribution >= 4 is 5.97 Å². The van der Waals surface area contributed by atoms with E-state index in [9.17, 15) is 9.90 Å². The van der Waals surface area contributed by atoms with Crippen LogP contribution >= 0.6 is 0 Å². The van der Waals surface area contributed by atoms with Gasteiger partial charge in [0.1, 0.15) is 0 Å². The van der Waals surface area contributed by atoms with E-state index in [1.54, 1.807) is 0 Å². The Morgan fingerprint density at radius 2 is 1.76 bits per heavy atom. The largest absolute Gasteiger partial charge is 0.469 e. The molecule has 0 spiro atoms. The Balaban J connectivity index is 1.63. The minimum Gasteiger partial charge on any atom is -0.469 e. The number of hydrogen-bond acceptors (Lipinski definition) is 3. The van der Waals surface area contributed by atoms with Gasteiger partial charge >= 0.3 is 5.97 Å². The van der Waals surface area contributed by atoms with Crippen molar-refractivity contribution < 1.29 is 14.6 Å². The summed E-state index contributed by atoms with van der Waals surface area (Å²) >= 11 is 0. The molecule has 8 atom stereocenters. The fourth-order valence-corrected chi connectivity index (χ4v) is 5.99. The van der Waals surface area contributed by atoms with Crippen molar-refractivity contribution in [3.8, 4) is 0 Å². The third-order valence-corrected chi connectivity index (χ3v) is 6.29. The first-order valence-electron chi connectivity index (χ1n) is 6.96. The van der Waals surface area contributed by atoms with Crippen LogP contribution in [0.3, 0.4) is 0 Å². The van der Waals surface area contributed by atoms with Gasteiger partial charge in [0.25, 0.3) is 0 Å². The molecule has 0 amide bonds. The molecule has 8 unspecified atom stereocenters. The standard InChI is InChI=1S/C14H20O3/c1-17-14(16)9-3-6-2-8(9)13-10-4-7(12(6)13)5-11(10)15/h6-13,15H,2-5H2,1H3. The molecule has 17 heavy (non-hydrogen) atoms. The van der Waals surface area contributed by atoms with Crippen molar-refractivity contribution in [1.29, 1.82) is 0 Å². The fraction of sp³-hybridized carbons (Fsp3) is 0.929. The maximum atomic E-state index is 11.8. The van der Waals surface area contributed by atoms with Crippen LogP contribution in [0, 0.1) is 41.4 Å². The zero-order valence-electron chi connectivity index (χ0n) is 10.2. The first-order valence-corrected chi connectivity index (χ1v) is 6.96. The summed E-state index contributed by atoms with van der Waals surface area (Å²) in [5, 5.41) is 10.1. The van der Waals surface area contributed by atoms with Gasteiger partial charge in [0.2, 0.25) is 0 Å². The SMILES string of the molecule is COC(=O)C1CC2CC1C1C3CC(CC3O)C21. The quantitative estimate of drug-likeness (QED) is 0.553. The molecular weight excluding hydrogens is 216 g/mol. The molecule has 4 rings (SSSR count). The van der Waals surface area contributed by atoms with Gasteiger partial charge in [-0.25, -0.2) is 0 Å². The van der Waals surface area contributed by atoms with E-state index in [2.05, 4.69) is 0 Å². The number of methoxy groups -OCH3 is 1. The molecule has 0 aromatic carbocycles. The van der Waals surface area contributed by atoms with Crippen LogP contribution in [0.1, 0.15) is 25.7 Å². The smallest absolute Gasteiger partial charge is 0.308 e. The summed E-state index contributed by atoms with van der Waals surface area (Å²) in [6, 6.07) is 0. The number of carbonyl (C=O) groups is 1. The van der Waals surface area contributed by atoms with Crippen LogP contribution in [-0.2, 0) is 9.53 Å². The van der Waals surface area contributed by atoms with Crippen molar-refractivity contribution in [2.24, 2.45) is 41.4 Å². The van der Waals surface area contributed by atoms with Crippen LogP contribution in [0.2, 0.25) is 0 Å². The highest BCUT2D eigenvalue weighted by molar-refractivity contribution is 5.73. The van der Waals surface area contributed by atoms with Gasteiger partial charge in [-0.05, 0) is 61.2 Å². The summed E-state index contributed by atoms with van der Waals surface area (Å²) in [5.41, 5.74) is 0. The average Bonchev–Trinajstić information content (AvgIpc) is 3.02. The van der Waals surface area contributed by atoms with E-state index >= 15 is 0 Å². The number of esters is 1. The van der Waals surface area contributed by atoms with E-state index in [1.165, 1.54) is 20.0 Å². The molecule has 4 aliphatic carbocycles. The van der Waals surface area contributed by atoms with Gasteiger partial charge in [-0.1, -0.05) is 0 Å². The van der Waals surface area contributed by atoms with E-state index in [4.69, 9.17) is 4.74 Å². The van der Waals surface area contributed by atoms with Crippen molar-refractivity contribution in [2.45, 2.75) is 31.8 Å². The predicted molar refractivity (Wildman–Crippen MR) is 60.9 cm³/mol. The Morgan fingerprint density at radius 1 is 1.06 bits per heavy atom. The van der Waals surface area contributed by atoms with Crippen molar-refractivity contribution in [1.82, 2.24) is 0 Å². The minimum absolute atomic E-state index is 0.00628. The molecule has 0 saturated heterocycles. The van der Waals surface area contributed by atoms with E-state index in [-0.39, 0.29) is 18.0 Å². The lowest BCUT2D eigenvalue weighted by Crippen LogP contribution is -2.40. The van der Waals surface area contributed by atoms with Crippen LogP contribution in [0.15, 0.2) is 0 Å². The molecule has 94 valence electrons. The Morgan fingerprint density at radius 3 is 2.53 bits per heavy atom. The monoisotopic (exact) mass is 236 g/mol. The number of ether oxygens (including phenoxy) is 1. The number of aliphatic hydroxyl groups is 1. The molecule has 0 aromatic heterocycles. The fourth-order valence-electron chi connectivity index (χ4n) is 5.99. The van der Waals surface area contributed by atoms with E-state index in [0.717, 1.165) is 30.6 Å². The maximum absolute atomic E-state index is 11.8. The molecule has 0 radical (unpaired) electrons. The Hall–Kier alpha value is -0.570. The highest BCUT2D eigenvalue weighted by Crippen LogP contribution is 2.68. The van der Waals surface area contributed by atoms with E-state index in [1.807, 2.05) is 0 Å². The van der Waals surface area contributed by atoms with Crippen LogP contribution in [0.4, 0.5) is 0 Å². The predicted octanol–water partition coefficient (Wildman–Crippen LogP) is 1.45. The first-order chi connectivity index (χ1) is 8.20. The molecule has 4 bridgehead atoms. The van der Waals surface area contributed by atoms with Crippen LogP contribution in [0.5, 0.6) is 0 Å². The second-order valence-corrected chi connectivity index (χ2v) is 6.64. The van der Waals surface area contributed by atoms with Crippen molar-refractivity contribution in [3.05, 3.63) is 0 Å². The van der Waals surface area contributed by atoms with Crippen LogP contribution in [-0.4, -0.2) is 24.3 Å². The third kappa shape index (κ3) is 1.14. The number of aliphatic hydroxyl groups excluding tert-OH is 1. The summed E-state index contributed by atoms with van der Waals surface area (Å²) in [7, 11) is 1.50. The van der Waals surface area contributed by atoms with E-state index in [0.29, 0.717) is 17.8 Å². The van der Waals surface area contributed by atoms with Crippen LogP contribution in [0.25, 0.3) is 0 Å². The van der Waals surface area contributed by atoms with Crippen molar-refractivity contribution in [3.63, 3.8) is 0 Å². The van der Waals surface area contributed by atoms with Gasteiger partial charge in [-0.3, -0.25) is 4.79 Å². The normalized spacial score (nSPS) is 58.5. The highest BCUT2D eigenvalue weighted by atomic mass is 16.5. The molecule has 4 saturated carbocycles. The molecule has 0 aromatic rings. The molecule has 1 N–H and O–H groups in total. The van der Waals surface area contributed by atoms with Crippen molar-refractivity contribution in [2.75, 3.05) is 7.11 Å². The minimum atomic E-state index is -0.0844. The second-order valence-electron chi connectivity index (χ2n) is 6.64. The van der Waals surface area contributed by atoms with Gasteiger partial charge in [-0.15, -0.1) is 0 Å². The third-order valence-electron chi connectivity index (χ3n) is 6.29. The zero-order chi connectivity index (χ0) is 11.7. The molecule has 3 nitrogen and oxygen atoms in total. The maximum Gasteiger partial charge on any atom is 0.308 e. The Kier molecular flexibility index (Phi) is 1.98. The lowest BCUT2D eigenvalue weighted by molar-refractivity contribution is -0.149. The summed E-state index contributed by atoms with van der Waals surface area (Å²) in [5.74, 6) is 4.10. The lowest BCUT2D eigenvalue weighted by Gasteiger charge is -2.39. The topological polar surface area (TPSA) is 46.5 Å². The van der Waals surface area contributed by atoms with Gasteiger partial charge in [-0.2, -0.15) is 0 Å². The molecule has 4 fully saturated rings. The van der Waals surface area contributed by atoms with Gasteiger partial charge in [0.15, 0.2) is 0 Å².